The van der Waals surface area contributed by atoms with Crippen LogP contribution < -0.4 is 22.8 Å². The first-order chi connectivity index (χ1) is 15.2. The van der Waals surface area contributed by atoms with Crippen LogP contribution in [0.5, 0.6) is 0 Å². The smallest absolute Gasteiger partial charge is 0.251 e. The summed E-state index contributed by atoms with van der Waals surface area (Å²) in [6, 6.07) is 12.2. The Bertz CT molecular complexity index is 1300. The van der Waals surface area contributed by atoms with Gasteiger partial charge < -0.3 is 17.2 Å². The molecule has 9 heteroatoms. The van der Waals surface area contributed by atoms with Gasteiger partial charge in [-0.1, -0.05) is 24.3 Å². The Balaban J connectivity index is 1.99. The molecule has 6 N–H and O–H groups in total. The topological polar surface area (TPSA) is 167 Å². The molecule has 0 spiro atoms. The molecular weight excluding hydrogens is 406 g/mol. The summed E-state index contributed by atoms with van der Waals surface area (Å²) in [6.07, 6.45) is 4.14. The SMILES string of the molecule is CC(C)(C#N)n1cc(-c2cnc(N)c(C(=O)C=C(N)c3ccc(CN)cc3)n2)ccc1=O. The molecule has 2 aromatic heterocycles. The third kappa shape index (κ3) is 4.55. The third-order valence-corrected chi connectivity index (χ3v) is 4.93. The first kappa shape index (κ1) is 22.4. The van der Waals surface area contributed by atoms with Gasteiger partial charge in [-0.05, 0) is 31.0 Å². The van der Waals surface area contributed by atoms with Crippen LogP contribution in [0.2, 0.25) is 0 Å². The Morgan fingerprint density at radius 3 is 2.53 bits per heavy atom. The Kier molecular flexibility index (Phi) is 6.18. The second-order valence-electron chi connectivity index (χ2n) is 7.65. The van der Waals surface area contributed by atoms with Crippen molar-refractivity contribution in [1.82, 2.24) is 14.5 Å². The molecule has 0 radical (unpaired) electrons. The van der Waals surface area contributed by atoms with Crippen LogP contribution in [-0.2, 0) is 12.1 Å². The van der Waals surface area contributed by atoms with Crippen LogP contribution in [0.4, 0.5) is 5.82 Å². The van der Waals surface area contributed by atoms with Crippen molar-refractivity contribution in [2.75, 3.05) is 5.73 Å². The van der Waals surface area contributed by atoms with E-state index in [9.17, 15) is 14.9 Å². The summed E-state index contributed by atoms with van der Waals surface area (Å²) in [5, 5.41) is 9.37. The summed E-state index contributed by atoms with van der Waals surface area (Å²) < 4.78 is 1.30. The van der Waals surface area contributed by atoms with Crippen molar-refractivity contribution in [3.8, 4) is 17.3 Å². The first-order valence-electron chi connectivity index (χ1n) is 9.74. The second kappa shape index (κ2) is 8.83. The van der Waals surface area contributed by atoms with Gasteiger partial charge in [0.25, 0.3) is 5.56 Å². The number of hydrogen-bond acceptors (Lipinski definition) is 8. The lowest BCUT2D eigenvalue weighted by atomic mass is 10.1. The van der Waals surface area contributed by atoms with Crippen LogP contribution in [0.25, 0.3) is 17.0 Å². The van der Waals surface area contributed by atoms with Crippen LogP contribution in [0.1, 0.15) is 35.5 Å². The highest BCUT2D eigenvalue weighted by atomic mass is 16.1. The fraction of sp³-hybridized carbons (Fsp3) is 0.174. The number of ketones is 1. The molecule has 2 heterocycles. The van der Waals surface area contributed by atoms with Gasteiger partial charge in [-0.2, -0.15) is 5.26 Å². The largest absolute Gasteiger partial charge is 0.398 e. The zero-order valence-corrected chi connectivity index (χ0v) is 17.7. The second-order valence-corrected chi connectivity index (χ2v) is 7.65. The van der Waals surface area contributed by atoms with Gasteiger partial charge >= 0.3 is 0 Å². The maximum Gasteiger partial charge on any atom is 0.251 e. The van der Waals surface area contributed by atoms with Crippen LogP contribution in [-0.4, -0.2) is 20.3 Å². The van der Waals surface area contributed by atoms with Gasteiger partial charge in [-0.15, -0.1) is 0 Å². The van der Waals surface area contributed by atoms with Crippen LogP contribution in [0.3, 0.4) is 0 Å². The Labute approximate surface area is 184 Å². The third-order valence-electron chi connectivity index (χ3n) is 4.93. The summed E-state index contributed by atoms with van der Waals surface area (Å²) in [6.45, 7) is 3.64. The molecule has 0 aliphatic rings. The number of allylic oxidation sites excluding steroid dienone is 1. The molecular formula is C23H23N7O2. The monoisotopic (exact) mass is 429 g/mol. The van der Waals surface area contributed by atoms with E-state index < -0.39 is 11.3 Å². The van der Waals surface area contributed by atoms with Crippen molar-refractivity contribution in [2.45, 2.75) is 25.9 Å². The normalized spacial score (nSPS) is 11.8. The van der Waals surface area contributed by atoms with E-state index in [-0.39, 0.29) is 22.8 Å². The van der Waals surface area contributed by atoms with E-state index >= 15 is 0 Å². The molecule has 0 fully saturated rings. The minimum atomic E-state index is -1.07. The average Bonchev–Trinajstić information content (AvgIpc) is 2.79. The number of anilines is 1. The highest BCUT2D eigenvalue weighted by Crippen LogP contribution is 2.21. The number of pyridine rings is 1. The lowest BCUT2D eigenvalue weighted by molar-refractivity contribution is 0.104. The van der Waals surface area contributed by atoms with Gasteiger partial charge in [0.2, 0.25) is 5.78 Å². The molecule has 1 aromatic carbocycles. The number of nitrogen functional groups attached to an aromatic ring is 1. The molecule has 0 saturated heterocycles. The minimum Gasteiger partial charge on any atom is -0.398 e. The van der Waals surface area contributed by atoms with Gasteiger partial charge in [-0.25, -0.2) is 9.97 Å². The maximum atomic E-state index is 12.8. The predicted octanol–water partition coefficient (Wildman–Crippen LogP) is 1.79. The van der Waals surface area contributed by atoms with Gasteiger partial charge in [0.15, 0.2) is 11.5 Å². The fourth-order valence-electron chi connectivity index (χ4n) is 2.97. The molecule has 0 saturated carbocycles. The Morgan fingerprint density at radius 1 is 1.22 bits per heavy atom. The molecule has 0 aliphatic heterocycles. The van der Waals surface area contributed by atoms with Crippen LogP contribution >= 0.6 is 0 Å². The van der Waals surface area contributed by atoms with Crippen molar-refractivity contribution in [2.24, 2.45) is 11.5 Å². The van der Waals surface area contributed by atoms with E-state index in [2.05, 4.69) is 16.0 Å². The zero-order chi connectivity index (χ0) is 23.5. The highest BCUT2D eigenvalue weighted by Gasteiger charge is 2.21. The number of nitrogens with zero attached hydrogens (tertiary/aromatic N) is 4. The summed E-state index contributed by atoms with van der Waals surface area (Å²) in [4.78, 5) is 33.4. The molecule has 3 rings (SSSR count). The van der Waals surface area contributed by atoms with Crippen LogP contribution in [0.15, 0.2) is 59.7 Å². The molecule has 0 atom stereocenters. The molecule has 0 bridgehead atoms. The van der Waals surface area contributed by atoms with E-state index in [0.717, 1.165) is 5.56 Å². The Morgan fingerprint density at radius 2 is 1.91 bits per heavy atom. The lowest BCUT2D eigenvalue weighted by Gasteiger charge is -2.19. The molecule has 9 nitrogen and oxygen atoms in total. The molecule has 0 aliphatic carbocycles. The quantitative estimate of drug-likeness (QED) is 0.394. The van der Waals surface area contributed by atoms with Gasteiger partial charge in [0, 0.05) is 36.1 Å². The minimum absolute atomic E-state index is 0.0491. The summed E-state index contributed by atoms with van der Waals surface area (Å²) in [7, 11) is 0. The van der Waals surface area contributed by atoms with Crippen molar-refractivity contribution in [3.63, 3.8) is 0 Å². The van der Waals surface area contributed by atoms with Crippen molar-refractivity contribution in [1.29, 1.82) is 5.26 Å². The van der Waals surface area contributed by atoms with Gasteiger partial charge in [-0.3, -0.25) is 14.2 Å². The van der Waals surface area contributed by atoms with Crippen molar-refractivity contribution >= 4 is 17.3 Å². The molecule has 32 heavy (non-hydrogen) atoms. The summed E-state index contributed by atoms with van der Waals surface area (Å²) in [5.74, 6) is -0.560. The fourth-order valence-corrected chi connectivity index (χ4v) is 2.97. The molecule has 162 valence electrons. The standard InChI is InChI=1S/C23H23N7O2/c1-23(2,13-25)30-12-16(7-8-20(30)32)18-11-28-22(27)21(29-18)19(31)9-17(26)15-5-3-14(10-24)4-6-15/h3-9,11-12H,10,24,26H2,1-2H3,(H2,27,28). The number of hydrogen-bond donors (Lipinski definition) is 3. The summed E-state index contributed by atoms with van der Waals surface area (Å²) in [5.41, 5.74) is 18.8. The lowest BCUT2D eigenvalue weighted by Crippen LogP contribution is -2.34. The van der Waals surface area contributed by atoms with Gasteiger partial charge in [0.1, 0.15) is 5.54 Å². The van der Waals surface area contributed by atoms with E-state index in [1.807, 2.05) is 12.1 Å². The molecule has 0 amide bonds. The maximum absolute atomic E-state index is 12.8. The van der Waals surface area contributed by atoms with E-state index in [1.165, 1.54) is 29.1 Å². The average molecular weight is 429 g/mol. The molecule has 0 unspecified atom stereocenters. The summed E-state index contributed by atoms with van der Waals surface area (Å²) >= 11 is 0. The predicted molar refractivity (Wildman–Crippen MR) is 122 cm³/mol. The number of nitrogens with two attached hydrogens (primary N) is 3. The number of carbonyl (C=O) groups is 1. The van der Waals surface area contributed by atoms with Crippen molar-refractivity contribution in [3.05, 3.63) is 82.0 Å². The molecule has 3 aromatic rings. The van der Waals surface area contributed by atoms with Gasteiger partial charge in [0.05, 0.1) is 18.0 Å². The number of carbonyl (C=O) groups excluding carboxylic acids is 1. The number of rotatable bonds is 6. The van der Waals surface area contributed by atoms with E-state index in [0.29, 0.717) is 23.4 Å². The van der Waals surface area contributed by atoms with E-state index in [1.54, 1.807) is 32.0 Å². The van der Waals surface area contributed by atoms with Crippen LogP contribution in [0, 0.1) is 11.3 Å². The van der Waals surface area contributed by atoms with E-state index in [4.69, 9.17) is 17.2 Å². The zero-order valence-electron chi connectivity index (χ0n) is 17.7. The Hall–Kier alpha value is -4.29. The number of nitriles is 1. The number of aromatic nitrogens is 3. The first-order valence-corrected chi connectivity index (χ1v) is 9.74. The van der Waals surface area contributed by atoms with Crippen molar-refractivity contribution < 1.29 is 4.79 Å². The highest BCUT2D eigenvalue weighted by molar-refractivity contribution is 6.09. The number of benzene rings is 1.